The summed E-state index contributed by atoms with van der Waals surface area (Å²) in [5.41, 5.74) is 1.14. The molecule has 1 N–H and O–H groups in total. The van der Waals surface area contributed by atoms with E-state index in [0.29, 0.717) is 0 Å². The Morgan fingerprint density at radius 2 is 2.00 bits per heavy atom. The van der Waals surface area contributed by atoms with Gasteiger partial charge >= 0.3 is 0 Å². The summed E-state index contributed by atoms with van der Waals surface area (Å²) in [6.45, 7) is 2.09. The van der Waals surface area contributed by atoms with Gasteiger partial charge in [-0.1, -0.05) is 31.9 Å². The Hall–Kier alpha value is -1.38. The van der Waals surface area contributed by atoms with Crippen LogP contribution in [0.3, 0.4) is 0 Å². The van der Waals surface area contributed by atoms with Crippen molar-refractivity contribution in [3.05, 3.63) is 29.8 Å². The van der Waals surface area contributed by atoms with Crippen molar-refractivity contribution in [3.8, 4) is 6.07 Å². The molecule has 0 heterocycles. The van der Waals surface area contributed by atoms with E-state index in [1.165, 1.54) is 0 Å². The molecule has 1 saturated carbocycles. The molecule has 1 aliphatic rings. The molecule has 0 aliphatic heterocycles. The first-order valence-electron chi connectivity index (χ1n) is 7.07. The average molecular weight is 292 g/mol. The summed E-state index contributed by atoms with van der Waals surface area (Å²) >= 11 is 0. The number of hydrogen-bond acceptors (Lipinski definition) is 3. The number of nitrogens with zero attached hydrogens (tertiary/aromatic N) is 1. The maximum atomic E-state index is 12.3. The lowest BCUT2D eigenvalue weighted by Gasteiger charge is -2.16. The minimum absolute atomic E-state index is 0.205. The van der Waals surface area contributed by atoms with Gasteiger partial charge in [-0.25, -0.2) is 13.1 Å². The SMILES string of the molecule is CCCc1ccc(S(=O)(=O)NC2CCCC2C#N)cc1. The molecule has 0 spiro atoms. The zero-order valence-electron chi connectivity index (χ0n) is 11.7. The molecule has 0 aromatic heterocycles. The molecule has 0 radical (unpaired) electrons. The van der Waals surface area contributed by atoms with E-state index in [2.05, 4.69) is 17.7 Å². The van der Waals surface area contributed by atoms with Crippen LogP contribution in [0.15, 0.2) is 29.2 Å². The van der Waals surface area contributed by atoms with Crippen molar-refractivity contribution in [2.75, 3.05) is 0 Å². The van der Waals surface area contributed by atoms with Crippen LogP contribution in [0.2, 0.25) is 0 Å². The molecule has 0 amide bonds. The number of benzene rings is 1. The average Bonchev–Trinajstić information content (AvgIpc) is 2.86. The smallest absolute Gasteiger partial charge is 0.207 e. The number of aryl methyl sites for hydroxylation is 1. The van der Waals surface area contributed by atoms with Gasteiger partial charge in [0.05, 0.1) is 16.9 Å². The lowest BCUT2D eigenvalue weighted by Crippen LogP contribution is -2.36. The van der Waals surface area contributed by atoms with Crippen molar-refractivity contribution < 1.29 is 8.42 Å². The Bertz CT molecular complexity index is 587. The minimum atomic E-state index is -3.52. The molecule has 0 bridgehead atoms. The van der Waals surface area contributed by atoms with E-state index < -0.39 is 10.0 Å². The van der Waals surface area contributed by atoms with E-state index in [1.54, 1.807) is 12.1 Å². The highest BCUT2D eigenvalue weighted by molar-refractivity contribution is 7.89. The molecule has 1 aromatic rings. The fourth-order valence-corrected chi connectivity index (χ4v) is 3.96. The summed E-state index contributed by atoms with van der Waals surface area (Å²) in [5.74, 6) is -0.205. The van der Waals surface area contributed by atoms with Crippen molar-refractivity contribution in [2.45, 2.75) is 50.0 Å². The van der Waals surface area contributed by atoms with Gasteiger partial charge in [-0.15, -0.1) is 0 Å². The van der Waals surface area contributed by atoms with Gasteiger partial charge in [0.25, 0.3) is 0 Å². The summed E-state index contributed by atoms with van der Waals surface area (Å²) < 4.78 is 27.3. The molecule has 4 nitrogen and oxygen atoms in total. The van der Waals surface area contributed by atoms with Crippen LogP contribution in [0.1, 0.15) is 38.2 Å². The van der Waals surface area contributed by atoms with E-state index in [-0.39, 0.29) is 16.9 Å². The quantitative estimate of drug-likeness (QED) is 0.907. The van der Waals surface area contributed by atoms with Crippen LogP contribution in [0, 0.1) is 17.2 Å². The number of nitrogens with one attached hydrogen (secondary N) is 1. The van der Waals surface area contributed by atoms with Crippen molar-refractivity contribution in [1.82, 2.24) is 4.72 Å². The molecule has 2 atom stereocenters. The van der Waals surface area contributed by atoms with E-state index in [0.717, 1.165) is 37.7 Å². The van der Waals surface area contributed by atoms with Gasteiger partial charge < -0.3 is 0 Å². The Morgan fingerprint density at radius 3 is 2.60 bits per heavy atom. The minimum Gasteiger partial charge on any atom is -0.207 e. The molecular weight excluding hydrogens is 272 g/mol. The molecule has 1 fully saturated rings. The highest BCUT2D eigenvalue weighted by Crippen LogP contribution is 2.26. The molecular formula is C15H20N2O2S. The van der Waals surface area contributed by atoms with Gasteiger partial charge in [-0.05, 0) is 37.0 Å². The monoisotopic (exact) mass is 292 g/mol. The summed E-state index contributed by atoms with van der Waals surface area (Å²) in [4.78, 5) is 0.279. The fraction of sp³-hybridized carbons (Fsp3) is 0.533. The molecule has 5 heteroatoms. The second kappa shape index (κ2) is 6.38. The first-order valence-corrected chi connectivity index (χ1v) is 8.56. The van der Waals surface area contributed by atoms with E-state index in [9.17, 15) is 8.42 Å². The van der Waals surface area contributed by atoms with Gasteiger partial charge in [-0.3, -0.25) is 0 Å². The van der Waals surface area contributed by atoms with E-state index >= 15 is 0 Å². The lowest BCUT2D eigenvalue weighted by atomic mass is 10.1. The number of hydrogen-bond donors (Lipinski definition) is 1. The van der Waals surface area contributed by atoms with Gasteiger partial charge in [0.2, 0.25) is 10.0 Å². The van der Waals surface area contributed by atoms with Crippen LogP contribution in [0.5, 0.6) is 0 Å². The Balaban J connectivity index is 2.12. The molecule has 1 aliphatic carbocycles. The zero-order chi connectivity index (χ0) is 14.6. The van der Waals surface area contributed by atoms with Crippen LogP contribution in [-0.4, -0.2) is 14.5 Å². The molecule has 2 rings (SSSR count). The first-order chi connectivity index (χ1) is 9.56. The van der Waals surface area contributed by atoms with Crippen molar-refractivity contribution >= 4 is 10.0 Å². The molecule has 1 aromatic carbocycles. The summed E-state index contributed by atoms with van der Waals surface area (Å²) in [6, 6.07) is 8.93. The summed E-state index contributed by atoms with van der Waals surface area (Å²) in [5, 5.41) is 9.01. The maximum absolute atomic E-state index is 12.3. The molecule has 0 saturated heterocycles. The Morgan fingerprint density at radius 1 is 1.30 bits per heavy atom. The molecule has 2 unspecified atom stereocenters. The Labute approximate surface area is 120 Å². The third kappa shape index (κ3) is 3.38. The highest BCUT2D eigenvalue weighted by Gasteiger charge is 2.31. The van der Waals surface area contributed by atoms with Gasteiger partial charge in [0, 0.05) is 6.04 Å². The van der Waals surface area contributed by atoms with Crippen LogP contribution in [0.4, 0.5) is 0 Å². The molecule has 108 valence electrons. The second-order valence-electron chi connectivity index (χ2n) is 5.29. The van der Waals surface area contributed by atoms with Crippen LogP contribution < -0.4 is 4.72 Å². The Kier molecular flexibility index (Phi) is 4.79. The first kappa shape index (κ1) is 15.0. The van der Waals surface area contributed by atoms with E-state index in [4.69, 9.17) is 5.26 Å². The fourth-order valence-electron chi connectivity index (χ4n) is 2.65. The van der Waals surface area contributed by atoms with Gasteiger partial charge in [0.1, 0.15) is 0 Å². The highest BCUT2D eigenvalue weighted by atomic mass is 32.2. The predicted octanol–water partition coefficient (Wildman–Crippen LogP) is 2.61. The van der Waals surface area contributed by atoms with Crippen molar-refractivity contribution in [3.63, 3.8) is 0 Å². The topological polar surface area (TPSA) is 70.0 Å². The van der Waals surface area contributed by atoms with Crippen LogP contribution in [-0.2, 0) is 16.4 Å². The van der Waals surface area contributed by atoms with Gasteiger partial charge in [0.15, 0.2) is 0 Å². The number of nitriles is 1. The maximum Gasteiger partial charge on any atom is 0.240 e. The number of rotatable bonds is 5. The van der Waals surface area contributed by atoms with Gasteiger partial charge in [-0.2, -0.15) is 5.26 Å². The zero-order valence-corrected chi connectivity index (χ0v) is 12.5. The normalized spacial score (nSPS) is 22.6. The van der Waals surface area contributed by atoms with Crippen LogP contribution >= 0.6 is 0 Å². The standard InChI is InChI=1S/C15H20N2O2S/c1-2-4-12-7-9-14(10-8-12)20(18,19)17-15-6-3-5-13(15)11-16/h7-10,13,15,17H,2-6H2,1H3. The summed E-state index contributed by atoms with van der Waals surface area (Å²) in [7, 11) is -3.52. The third-order valence-corrected chi connectivity index (χ3v) is 5.27. The van der Waals surface area contributed by atoms with Crippen LogP contribution in [0.25, 0.3) is 0 Å². The second-order valence-corrected chi connectivity index (χ2v) is 7.00. The largest absolute Gasteiger partial charge is 0.240 e. The summed E-state index contributed by atoms with van der Waals surface area (Å²) in [6.07, 6.45) is 4.41. The molecule has 20 heavy (non-hydrogen) atoms. The van der Waals surface area contributed by atoms with Crippen molar-refractivity contribution in [2.24, 2.45) is 5.92 Å². The predicted molar refractivity (Wildman–Crippen MR) is 77.5 cm³/mol. The third-order valence-electron chi connectivity index (χ3n) is 3.76. The number of sulfonamides is 1. The van der Waals surface area contributed by atoms with Crippen molar-refractivity contribution in [1.29, 1.82) is 5.26 Å². The lowest BCUT2D eigenvalue weighted by molar-refractivity contribution is 0.515. The van der Waals surface area contributed by atoms with E-state index in [1.807, 2.05) is 12.1 Å².